The maximum absolute atomic E-state index is 12.8. The molecule has 2 fully saturated rings. The summed E-state index contributed by atoms with van der Waals surface area (Å²) in [5.74, 6) is -0.358. The lowest BCUT2D eigenvalue weighted by Gasteiger charge is -2.39. The molecule has 1 saturated heterocycles. The summed E-state index contributed by atoms with van der Waals surface area (Å²) in [5.41, 5.74) is 0.484. The fraction of sp³-hybridized carbons (Fsp3) is 0.500. The van der Waals surface area contributed by atoms with Gasteiger partial charge in [-0.1, -0.05) is 20.8 Å². The van der Waals surface area contributed by atoms with Gasteiger partial charge in [-0.25, -0.2) is 17.9 Å². The number of sulfonamides is 1. The maximum atomic E-state index is 12.8. The summed E-state index contributed by atoms with van der Waals surface area (Å²) < 4.78 is 37.6. The summed E-state index contributed by atoms with van der Waals surface area (Å²) in [6, 6.07) is 8.93. The summed E-state index contributed by atoms with van der Waals surface area (Å²) in [6.45, 7) is 7.09. The van der Waals surface area contributed by atoms with Crippen molar-refractivity contribution >= 4 is 21.9 Å². The Morgan fingerprint density at radius 1 is 1.15 bits per heavy atom. The van der Waals surface area contributed by atoms with Crippen LogP contribution in [0.1, 0.15) is 56.2 Å². The fourth-order valence-electron chi connectivity index (χ4n) is 5.48. The van der Waals surface area contributed by atoms with Crippen LogP contribution in [0.5, 0.6) is 0 Å². The Labute approximate surface area is 194 Å². The van der Waals surface area contributed by atoms with Gasteiger partial charge in [0.1, 0.15) is 5.76 Å². The van der Waals surface area contributed by atoms with Gasteiger partial charge in [0.25, 0.3) is 5.91 Å². The van der Waals surface area contributed by atoms with E-state index >= 15 is 0 Å². The number of benzene rings is 1. The Hall–Kier alpha value is -2.65. The van der Waals surface area contributed by atoms with Crippen molar-refractivity contribution in [2.24, 2.45) is 10.8 Å². The number of nitrogens with one attached hydrogen (secondary N) is 1. The van der Waals surface area contributed by atoms with Crippen molar-refractivity contribution in [1.29, 1.82) is 0 Å². The second kappa shape index (κ2) is 8.61. The quantitative estimate of drug-likeness (QED) is 0.617. The molecule has 9 heteroatoms. The van der Waals surface area contributed by atoms with E-state index in [1.807, 2.05) is 4.90 Å². The molecule has 1 saturated carbocycles. The van der Waals surface area contributed by atoms with Crippen LogP contribution in [0, 0.1) is 10.8 Å². The van der Waals surface area contributed by atoms with Crippen molar-refractivity contribution in [3.63, 3.8) is 0 Å². The smallest absolute Gasteiger partial charge is 0.338 e. The molecule has 2 heterocycles. The predicted octanol–water partition coefficient (Wildman–Crippen LogP) is 3.34. The first-order valence-corrected chi connectivity index (χ1v) is 12.5. The molecule has 1 N–H and O–H groups in total. The van der Waals surface area contributed by atoms with Gasteiger partial charge >= 0.3 is 5.97 Å². The average molecular weight is 475 g/mol. The van der Waals surface area contributed by atoms with Crippen LogP contribution in [0.3, 0.4) is 0 Å². The van der Waals surface area contributed by atoms with Crippen molar-refractivity contribution in [2.45, 2.75) is 57.5 Å². The number of carbonyl (C=O) groups is 2. The standard InChI is InChI=1S/C24H30N2O6S/c1-23(2)11-18-12-24(3,15-23)16-26(18)21(27)14-32-22(28)17-6-8-20(9-7-17)33(29,30)25-13-19-5-4-10-31-19/h4-10,18,25H,11-16H2,1-3H3. The number of esters is 1. The van der Waals surface area contributed by atoms with Crippen LogP contribution < -0.4 is 4.72 Å². The normalized spacial score (nSPS) is 24.0. The van der Waals surface area contributed by atoms with E-state index in [0.29, 0.717) is 12.3 Å². The molecule has 2 unspecified atom stereocenters. The summed E-state index contributed by atoms with van der Waals surface area (Å²) >= 11 is 0. The molecule has 1 aliphatic carbocycles. The first-order chi connectivity index (χ1) is 15.5. The average Bonchev–Trinajstić information content (AvgIpc) is 3.35. The number of amides is 1. The third-order valence-corrected chi connectivity index (χ3v) is 7.90. The number of nitrogens with zero attached hydrogens (tertiary/aromatic N) is 1. The highest BCUT2D eigenvalue weighted by atomic mass is 32.2. The van der Waals surface area contributed by atoms with Crippen molar-refractivity contribution in [3.8, 4) is 0 Å². The van der Waals surface area contributed by atoms with E-state index < -0.39 is 16.0 Å². The van der Waals surface area contributed by atoms with Crippen LogP contribution >= 0.6 is 0 Å². The molecule has 2 bridgehead atoms. The number of likely N-dealkylation sites (tertiary alicyclic amines) is 1. The molecule has 2 aliphatic rings. The number of furan rings is 1. The molecular formula is C24H30N2O6S. The maximum Gasteiger partial charge on any atom is 0.338 e. The molecule has 1 aliphatic heterocycles. The lowest BCUT2D eigenvalue weighted by molar-refractivity contribution is -0.135. The van der Waals surface area contributed by atoms with Gasteiger partial charge in [0.05, 0.1) is 23.3 Å². The van der Waals surface area contributed by atoms with Gasteiger partial charge in [-0.3, -0.25) is 4.79 Å². The van der Waals surface area contributed by atoms with E-state index in [9.17, 15) is 18.0 Å². The summed E-state index contributed by atoms with van der Waals surface area (Å²) in [4.78, 5) is 27.1. The molecule has 1 aromatic carbocycles. The van der Waals surface area contributed by atoms with E-state index in [1.165, 1.54) is 30.5 Å². The zero-order chi connectivity index (χ0) is 23.9. The Morgan fingerprint density at radius 2 is 1.88 bits per heavy atom. The zero-order valence-electron chi connectivity index (χ0n) is 19.2. The van der Waals surface area contributed by atoms with Crippen LogP contribution in [-0.4, -0.2) is 44.4 Å². The SMILES string of the molecule is CC1(C)CC2CC(C)(CN2C(=O)COC(=O)c2ccc(S(=O)(=O)NCc3ccco3)cc2)C1. The Kier molecular flexibility index (Phi) is 6.13. The van der Waals surface area contributed by atoms with E-state index in [1.54, 1.807) is 12.1 Å². The minimum absolute atomic E-state index is 0.0156. The molecular weight excluding hydrogens is 444 g/mol. The van der Waals surface area contributed by atoms with Crippen molar-refractivity contribution in [3.05, 3.63) is 54.0 Å². The topological polar surface area (TPSA) is 106 Å². The minimum Gasteiger partial charge on any atom is -0.468 e. The second-order valence-electron chi connectivity index (χ2n) is 10.2. The lowest BCUT2D eigenvalue weighted by atomic mass is 9.65. The zero-order valence-corrected chi connectivity index (χ0v) is 20.0. The molecule has 8 nitrogen and oxygen atoms in total. The van der Waals surface area contributed by atoms with Gasteiger partial charge in [0.2, 0.25) is 10.0 Å². The largest absolute Gasteiger partial charge is 0.468 e. The van der Waals surface area contributed by atoms with Gasteiger partial charge in [-0.2, -0.15) is 0 Å². The number of rotatable bonds is 7. The van der Waals surface area contributed by atoms with E-state index in [2.05, 4.69) is 25.5 Å². The molecule has 2 aromatic rings. The summed E-state index contributed by atoms with van der Waals surface area (Å²) in [5, 5.41) is 0. The third-order valence-electron chi connectivity index (χ3n) is 6.48. The van der Waals surface area contributed by atoms with Gasteiger partial charge in [0.15, 0.2) is 6.61 Å². The number of carbonyl (C=O) groups excluding carboxylic acids is 2. The Bertz CT molecular complexity index is 1120. The van der Waals surface area contributed by atoms with E-state index in [0.717, 1.165) is 19.3 Å². The Morgan fingerprint density at radius 3 is 2.55 bits per heavy atom. The lowest BCUT2D eigenvalue weighted by Crippen LogP contribution is -2.39. The highest BCUT2D eigenvalue weighted by Crippen LogP contribution is 2.52. The van der Waals surface area contributed by atoms with Crippen molar-refractivity contribution < 1.29 is 27.2 Å². The van der Waals surface area contributed by atoms with Crippen LogP contribution in [0.25, 0.3) is 0 Å². The highest BCUT2D eigenvalue weighted by molar-refractivity contribution is 7.89. The number of hydrogen-bond acceptors (Lipinski definition) is 6. The van der Waals surface area contributed by atoms with E-state index in [-0.39, 0.29) is 46.4 Å². The van der Waals surface area contributed by atoms with Gasteiger partial charge in [-0.15, -0.1) is 0 Å². The van der Waals surface area contributed by atoms with Gasteiger partial charge < -0.3 is 14.1 Å². The molecule has 1 aromatic heterocycles. The van der Waals surface area contributed by atoms with Crippen molar-refractivity contribution in [2.75, 3.05) is 13.2 Å². The molecule has 2 atom stereocenters. The molecule has 4 rings (SSSR count). The molecule has 0 radical (unpaired) electrons. The van der Waals surface area contributed by atoms with Crippen LogP contribution in [0.2, 0.25) is 0 Å². The van der Waals surface area contributed by atoms with Crippen LogP contribution in [0.4, 0.5) is 0 Å². The predicted molar refractivity (Wildman–Crippen MR) is 121 cm³/mol. The second-order valence-corrected chi connectivity index (χ2v) is 12.0. The van der Waals surface area contributed by atoms with Gasteiger partial charge in [0, 0.05) is 12.6 Å². The molecule has 1 amide bonds. The number of fused-ring (bicyclic) bond motifs is 2. The van der Waals surface area contributed by atoms with Crippen LogP contribution in [-0.2, 0) is 26.1 Å². The van der Waals surface area contributed by atoms with E-state index in [4.69, 9.17) is 9.15 Å². The first kappa shape index (κ1) is 23.5. The molecule has 0 spiro atoms. The monoisotopic (exact) mass is 474 g/mol. The molecule has 178 valence electrons. The Balaban J connectivity index is 1.32. The third kappa shape index (κ3) is 5.30. The number of ether oxygens (including phenoxy) is 1. The molecule has 33 heavy (non-hydrogen) atoms. The first-order valence-electron chi connectivity index (χ1n) is 11.1. The van der Waals surface area contributed by atoms with Crippen LogP contribution in [0.15, 0.2) is 52.0 Å². The van der Waals surface area contributed by atoms with Crippen molar-refractivity contribution in [1.82, 2.24) is 9.62 Å². The highest BCUT2D eigenvalue weighted by Gasteiger charge is 2.50. The summed E-state index contributed by atoms with van der Waals surface area (Å²) in [6.07, 6.45) is 4.48. The minimum atomic E-state index is -3.76. The fourth-order valence-corrected chi connectivity index (χ4v) is 6.47. The summed E-state index contributed by atoms with van der Waals surface area (Å²) in [7, 11) is -3.76. The van der Waals surface area contributed by atoms with Gasteiger partial charge in [-0.05, 0) is 66.5 Å². The number of hydrogen-bond donors (Lipinski definition) is 1.